The third-order valence-corrected chi connectivity index (χ3v) is 0. The molecule has 0 unspecified atom stereocenters. The first-order valence-electron chi connectivity index (χ1n) is 5.66. The summed E-state index contributed by atoms with van der Waals surface area (Å²) in [4.78, 5) is 0. The summed E-state index contributed by atoms with van der Waals surface area (Å²) < 4.78 is 0. The van der Waals surface area contributed by atoms with Crippen molar-refractivity contribution in [1.29, 1.82) is 0 Å². The van der Waals surface area contributed by atoms with E-state index in [-0.39, 0.29) is 1230 Å². The summed E-state index contributed by atoms with van der Waals surface area (Å²) in [6, 6.07) is 0. The molecule has 0 aliphatic carbocycles. The van der Waals surface area contributed by atoms with Crippen LogP contribution >= 0.6 is 0 Å². The molecule has 0 rings (SSSR count). The zero-order chi connectivity index (χ0) is 28.6. The molecule has 0 aromatic heterocycles. The predicted molar refractivity (Wildman–Crippen MR) is 46.0 cm³/mol. The number of rotatable bonds is 0. The summed E-state index contributed by atoms with van der Waals surface area (Å²) in [5, 5.41) is 202. The van der Waals surface area contributed by atoms with Crippen molar-refractivity contribution in [2.75, 3.05) is 0 Å². The van der Waals surface area contributed by atoms with Crippen LogP contribution in [0.15, 0.2) is 0 Å². The maximum atomic E-state index is 8.42. The third kappa shape index (κ3) is 519. The van der Waals surface area contributed by atoms with Crippen LogP contribution in [0.2, 0.25) is 0 Å². The van der Waals surface area contributed by atoms with Crippen LogP contribution in [0, 0.1) is 0 Å². The Morgan fingerprint density at radius 3 is 0.0893 bits per heavy atom. The molecular weight excluding hydrogens is 1410 g/mol. The summed E-state index contributed by atoms with van der Waals surface area (Å²) >= 11 is 0. The topological polar surface area (TPSA) is 553 Å². The molecule has 0 aliphatic rings. The summed E-state index contributed by atoms with van der Waals surface area (Å²) in [5.41, 5.74) is 0. The molecule has 0 bridgehead atoms. The molecule has 0 amide bonds. The molecule has 0 radical (unpaired) electrons. The van der Waals surface area contributed by atoms with Gasteiger partial charge in [-0.3, -0.25) is 58.6 Å². The standard InChI is InChI=1S/8BO3.24K/c8*2-1(3)4;;;;;;;;;;;;;;;;;;;;;;;;/q8*-3;24*+1. The van der Waals surface area contributed by atoms with Crippen molar-refractivity contribution < 1.29 is 1350 Å². The van der Waals surface area contributed by atoms with Gasteiger partial charge < -0.3 is 121 Å². The number of hydrogen-bond donors (Lipinski definition) is 0. The van der Waals surface area contributed by atoms with E-state index in [9.17, 15) is 0 Å². The van der Waals surface area contributed by atoms with Crippen LogP contribution in [0.5, 0.6) is 0 Å². The monoisotopic (exact) mass is 1410 g/mol. The molecule has 56 heteroatoms. The average Bonchev–Trinajstić information content (AvgIpc) is 2.30. The Hall–Kier alpha value is 38.8. The molecular formula is B8K24O24. The van der Waals surface area contributed by atoms with Crippen molar-refractivity contribution in [2.45, 2.75) is 0 Å². The molecule has 0 saturated heterocycles. The molecule has 0 saturated carbocycles. The summed E-state index contributed by atoms with van der Waals surface area (Å²) in [7, 11) is -23.3. The smallest absolute Gasteiger partial charge is 0.907 e. The second-order valence-corrected chi connectivity index (χ2v) is 2.31. The molecule has 0 atom stereocenters. The van der Waals surface area contributed by atoms with E-state index in [1.165, 1.54) is 0 Å². The summed E-state index contributed by atoms with van der Waals surface area (Å²) in [5.74, 6) is 0. The molecule has 0 aromatic carbocycles. The van der Waals surface area contributed by atoms with E-state index in [4.69, 9.17) is 121 Å². The molecule has 56 heavy (non-hydrogen) atoms. The molecule has 24 nitrogen and oxygen atoms in total. The van der Waals surface area contributed by atoms with Crippen LogP contribution in [0.3, 0.4) is 0 Å². The Morgan fingerprint density at radius 1 is 0.0893 bits per heavy atom. The fourth-order valence-corrected chi connectivity index (χ4v) is 0. The Labute approximate surface area is 1350 Å². The van der Waals surface area contributed by atoms with Gasteiger partial charge in [-0.25, -0.2) is 0 Å². The SMILES string of the molecule is [K+].[K+].[K+].[K+].[K+].[K+].[K+].[K+].[K+].[K+].[K+].[K+].[K+].[K+].[K+].[K+].[K+].[K+].[K+].[K+].[K+].[K+].[K+].[K+].[O-]B([O-])[O-].[O-]B([O-])[O-].[O-]B([O-])[O-].[O-]B([O-])[O-].[O-]B([O-])[O-].[O-]B([O-])[O-].[O-]B([O-])[O-].[O-]B([O-])[O-]. The van der Waals surface area contributed by atoms with E-state index in [1.807, 2.05) is 0 Å². The van der Waals surface area contributed by atoms with Crippen LogP contribution in [0.25, 0.3) is 0 Å². The van der Waals surface area contributed by atoms with Crippen LogP contribution in [0.4, 0.5) is 0 Å². The fourth-order valence-electron chi connectivity index (χ4n) is 0. The average molecular weight is 1410 g/mol. The van der Waals surface area contributed by atoms with Gasteiger partial charge in [0.25, 0.3) is 0 Å². The quantitative estimate of drug-likeness (QED) is 0.203. The summed E-state index contributed by atoms with van der Waals surface area (Å²) in [6.07, 6.45) is 0. The van der Waals surface area contributed by atoms with Gasteiger partial charge in [0.05, 0.1) is 0 Å². The largest absolute Gasteiger partial charge is 1.00 e. The first-order chi connectivity index (χ1) is 13.9. The maximum Gasteiger partial charge on any atom is 1.00 e. The molecule has 0 aliphatic heterocycles. The zero-order valence-corrected chi connectivity index (χ0v) is 113. The third-order valence-electron chi connectivity index (χ3n) is 0. The molecule has 0 N–H and O–H groups in total. The van der Waals surface area contributed by atoms with Gasteiger partial charge in [-0.05, 0) is 0 Å². The van der Waals surface area contributed by atoms with Gasteiger partial charge in [-0.2, -0.15) is 0 Å². The van der Waals surface area contributed by atoms with E-state index in [0.717, 1.165) is 0 Å². The van der Waals surface area contributed by atoms with Crippen molar-refractivity contribution in [1.82, 2.24) is 0 Å². The Kier molecular flexibility index (Phi) is 774. The molecule has 0 heterocycles. The Bertz CT molecular complexity index is 191. The van der Waals surface area contributed by atoms with E-state index >= 15 is 0 Å². The van der Waals surface area contributed by atoms with Crippen LogP contribution in [-0.2, 0) is 0 Å². The molecule has 0 aromatic rings. The Morgan fingerprint density at radius 2 is 0.0893 bits per heavy atom. The van der Waals surface area contributed by atoms with Crippen molar-refractivity contribution in [2.24, 2.45) is 0 Å². The molecule has 192 valence electrons. The maximum absolute atomic E-state index is 8.42. The number of hydrogen-bond acceptors (Lipinski definition) is 24. The summed E-state index contributed by atoms with van der Waals surface area (Å²) in [6.45, 7) is 0. The van der Waals surface area contributed by atoms with Gasteiger partial charge >= 0.3 is 1230 Å². The van der Waals surface area contributed by atoms with Gasteiger partial charge in [-0.15, -0.1) is 0 Å². The van der Waals surface area contributed by atoms with Gasteiger partial charge in [0.1, 0.15) is 0 Å². The van der Waals surface area contributed by atoms with Crippen molar-refractivity contribution in [3.63, 3.8) is 0 Å². The van der Waals surface area contributed by atoms with E-state index < -0.39 is 58.6 Å². The zero-order valence-electron chi connectivity index (χ0n) is 38.4. The van der Waals surface area contributed by atoms with Crippen molar-refractivity contribution in [3.8, 4) is 0 Å². The van der Waals surface area contributed by atoms with Gasteiger partial charge in [0, 0.05) is 0 Å². The minimum absolute atomic E-state index is 0. The molecule has 0 spiro atoms. The first-order valence-corrected chi connectivity index (χ1v) is 5.66. The fraction of sp³-hybridized carbons (Fsp3) is 0. The normalized spacial score (nSPS) is 3.86. The van der Waals surface area contributed by atoms with Crippen LogP contribution in [-0.4, -0.2) is 58.6 Å². The second-order valence-electron chi connectivity index (χ2n) is 2.31. The Balaban J connectivity index is -0.00000000369. The predicted octanol–water partition coefficient (Wildman–Crippen LogP) is -103. The van der Waals surface area contributed by atoms with E-state index in [1.54, 1.807) is 0 Å². The first kappa shape index (κ1) is 211. The van der Waals surface area contributed by atoms with Crippen molar-refractivity contribution >= 4 is 58.6 Å². The van der Waals surface area contributed by atoms with E-state index in [0.29, 0.717) is 0 Å². The molecule has 0 fully saturated rings. The van der Waals surface area contributed by atoms with Gasteiger partial charge in [0.15, 0.2) is 0 Å². The van der Waals surface area contributed by atoms with Gasteiger partial charge in [0.2, 0.25) is 0 Å². The van der Waals surface area contributed by atoms with E-state index in [2.05, 4.69) is 0 Å². The van der Waals surface area contributed by atoms with Crippen LogP contribution < -0.4 is 1350 Å². The van der Waals surface area contributed by atoms with Crippen LogP contribution in [0.1, 0.15) is 0 Å². The minimum Gasteiger partial charge on any atom is -0.907 e. The second kappa shape index (κ2) is 205. The van der Waals surface area contributed by atoms with Gasteiger partial charge in [-0.1, -0.05) is 0 Å². The van der Waals surface area contributed by atoms with Crippen molar-refractivity contribution in [3.05, 3.63) is 0 Å². The minimum atomic E-state index is -2.92.